The van der Waals surface area contributed by atoms with Crippen LogP contribution in [0.5, 0.6) is 0 Å². The van der Waals surface area contributed by atoms with E-state index in [1.807, 2.05) is 0 Å². The molecule has 1 aromatic rings. The van der Waals surface area contributed by atoms with Gasteiger partial charge in [0, 0.05) is 18.3 Å². The highest BCUT2D eigenvalue weighted by Gasteiger charge is 2.17. The lowest BCUT2D eigenvalue weighted by molar-refractivity contribution is 1.10. The maximum atomic E-state index is 4.05. The van der Waals surface area contributed by atoms with Crippen molar-refractivity contribution in [2.75, 3.05) is 0 Å². The number of nitrogens with zero attached hydrogens (tertiary/aromatic N) is 2. The Morgan fingerprint density at radius 3 is 2.58 bits per heavy atom. The van der Waals surface area contributed by atoms with Crippen LogP contribution >= 0.6 is 15.9 Å². The van der Waals surface area contributed by atoms with Crippen molar-refractivity contribution in [3.8, 4) is 11.8 Å². The highest BCUT2D eigenvalue weighted by molar-refractivity contribution is 9.10. The molecule has 0 radical (unpaired) electrons. The van der Waals surface area contributed by atoms with Crippen molar-refractivity contribution in [3.05, 3.63) is 22.7 Å². The van der Waals surface area contributed by atoms with Crippen molar-refractivity contribution >= 4 is 15.9 Å². The maximum Gasteiger partial charge on any atom is 0.204 e. The van der Waals surface area contributed by atoms with Crippen LogP contribution in [0.25, 0.3) is 0 Å². The zero-order chi connectivity index (χ0) is 8.39. The lowest BCUT2D eigenvalue weighted by atomic mass is 10.4. The third kappa shape index (κ3) is 2.05. The minimum Gasteiger partial charge on any atom is -0.228 e. The molecule has 0 unspecified atom stereocenters. The minimum atomic E-state index is 0.609. The number of hydrogen-bond acceptors (Lipinski definition) is 2. The molecule has 1 saturated carbocycles. The largest absolute Gasteiger partial charge is 0.228 e. The molecule has 12 heavy (non-hydrogen) atoms. The Bertz CT molecular complexity index is 330. The summed E-state index contributed by atoms with van der Waals surface area (Å²) in [5.74, 6) is 7.27. The highest BCUT2D eigenvalue weighted by atomic mass is 79.9. The first kappa shape index (κ1) is 7.75. The van der Waals surface area contributed by atoms with Crippen LogP contribution in [0, 0.1) is 17.8 Å². The molecule has 1 aliphatic carbocycles. The van der Waals surface area contributed by atoms with Crippen molar-refractivity contribution in [2.24, 2.45) is 5.92 Å². The predicted octanol–water partition coefficient (Wildman–Crippen LogP) is 2.00. The quantitative estimate of drug-likeness (QED) is 0.628. The Morgan fingerprint density at radius 2 is 2.00 bits per heavy atom. The second-order valence-corrected chi connectivity index (χ2v) is 3.68. The minimum absolute atomic E-state index is 0.609. The molecule has 0 saturated heterocycles. The van der Waals surface area contributed by atoms with Gasteiger partial charge in [0.2, 0.25) is 5.82 Å². The van der Waals surface area contributed by atoms with Crippen molar-refractivity contribution in [1.82, 2.24) is 9.97 Å². The molecule has 0 aromatic carbocycles. The standard InChI is InChI=1S/C9H7BrN2/c10-8-5-11-9(12-6-8)4-3-7-1-2-7/h5-7H,1-2H2. The van der Waals surface area contributed by atoms with Crippen molar-refractivity contribution in [3.63, 3.8) is 0 Å². The number of halogens is 1. The molecule has 0 bridgehead atoms. The highest BCUT2D eigenvalue weighted by Crippen LogP contribution is 2.27. The summed E-state index contributed by atoms with van der Waals surface area (Å²) in [6.45, 7) is 0. The fourth-order valence-electron chi connectivity index (χ4n) is 0.771. The Labute approximate surface area is 79.6 Å². The molecule has 1 aliphatic rings. The van der Waals surface area contributed by atoms with E-state index in [1.54, 1.807) is 12.4 Å². The van der Waals surface area contributed by atoms with Crippen molar-refractivity contribution in [1.29, 1.82) is 0 Å². The van der Waals surface area contributed by atoms with E-state index < -0.39 is 0 Å². The summed E-state index contributed by atoms with van der Waals surface area (Å²) in [6.07, 6.45) is 5.90. The van der Waals surface area contributed by atoms with E-state index in [-0.39, 0.29) is 0 Å². The predicted molar refractivity (Wildman–Crippen MR) is 49.3 cm³/mol. The lowest BCUT2D eigenvalue weighted by Gasteiger charge is -1.87. The Hall–Kier alpha value is -0.880. The lowest BCUT2D eigenvalue weighted by Crippen LogP contribution is -1.86. The van der Waals surface area contributed by atoms with E-state index in [9.17, 15) is 0 Å². The fourth-order valence-corrected chi connectivity index (χ4v) is 0.976. The van der Waals surface area contributed by atoms with Crippen LogP contribution in [-0.4, -0.2) is 9.97 Å². The van der Waals surface area contributed by atoms with E-state index >= 15 is 0 Å². The molecular weight excluding hydrogens is 216 g/mol. The van der Waals surface area contributed by atoms with E-state index in [2.05, 4.69) is 37.7 Å². The Kier molecular flexibility index (Phi) is 2.09. The summed E-state index contributed by atoms with van der Waals surface area (Å²) < 4.78 is 0.888. The van der Waals surface area contributed by atoms with Crippen LogP contribution < -0.4 is 0 Å². The third-order valence-electron chi connectivity index (χ3n) is 1.59. The Morgan fingerprint density at radius 1 is 1.33 bits per heavy atom. The second kappa shape index (κ2) is 3.24. The monoisotopic (exact) mass is 222 g/mol. The van der Waals surface area contributed by atoms with Crippen molar-refractivity contribution < 1.29 is 0 Å². The molecule has 0 amide bonds. The van der Waals surface area contributed by atoms with Crippen LogP contribution in [0.4, 0.5) is 0 Å². The van der Waals surface area contributed by atoms with Crippen LogP contribution in [0.15, 0.2) is 16.9 Å². The summed E-state index contributed by atoms with van der Waals surface area (Å²) in [5.41, 5.74) is 0. The van der Waals surface area contributed by atoms with Crippen LogP contribution in [0.3, 0.4) is 0 Å². The summed E-state index contributed by atoms with van der Waals surface area (Å²) in [7, 11) is 0. The summed E-state index contributed by atoms with van der Waals surface area (Å²) in [5, 5.41) is 0. The average Bonchev–Trinajstić information content (AvgIpc) is 2.87. The van der Waals surface area contributed by atoms with Crippen LogP contribution in [0.1, 0.15) is 18.7 Å². The molecule has 0 spiro atoms. The van der Waals surface area contributed by atoms with E-state index in [1.165, 1.54) is 12.8 Å². The Balaban J connectivity index is 2.13. The number of rotatable bonds is 0. The molecule has 0 N–H and O–H groups in total. The van der Waals surface area contributed by atoms with Gasteiger partial charge in [0.25, 0.3) is 0 Å². The molecule has 3 heteroatoms. The van der Waals surface area contributed by atoms with Gasteiger partial charge in [-0.15, -0.1) is 0 Å². The third-order valence-corrected chi connectivity index (χ3v) is 2.00. The molecular formula is C9H7BrN2. The summed E-state index contributed by atoms with van der Waals surface area (Å²) >= 11 is 3.26. The molecule has 1 aromatic heterocycles. The fraction of sp³-hybridized carbons (Fsp3) is 0.333. The van der Waals surface area contributed by atoms with Crippen LogP contribution in [0.2, 0.25) is 0 Å². The first-order valence-electron chi connectivity index (χ1n) is 3.84. The first-order valence-corrected chi connectivity index (χ1v) is 4.63. The number of aromatic nitrogens is 2. The maximum absolute atomic E-state index is 4.05. The van der Waals surface area contributed by atoms with Crippen molar-refractivity contribution in [2.45, 2.75) is 12.8 Å². The zero-order valence-corrected chi connectivity index (χ0v) is 8.00. The topological polar surface area (TPSA) is 25.8 Å². The van der Waals surface area contributed by atoms with Crippen LogP contribution in [-0.2, 0) is 0 Å². The molecule has 2 nitrogen and oxygen atoms in total. The zero-order valence-electron chi connectivity index (χ0n) is 6.42. The first-order chi connectivity index (χ1) is 5.84. The van der Waals surface area contributed by atoms with E-state index in [4.69, 9.17) is 0 Å². The van der Waals surface area contributed by atoms with Gasteiger partial charge >= 0.3 is 0 Å². The molecule has 1 fully saturated rings. The molecule has 0 atom stereocenters. The van der Waals surface area contributed by atoms with Gasteiger partial charge < -0.3 is 0 Å². The molecule has 60 valence electrons. The van der Waals surface area contributed by atoms with Gasteiger partial charge in [-0.25, -0.2) is 9.97 Å². The average molecular weight is 223 g/mol. The SMILES string of the molecule is Brc1cnc(C#CC2CC2)nc1. The molecule has 2 rings (SSSR count). The normalized spacial score (nSPS) is 15.1. The number of hydrogen-bond donors (Lipinski definition) is 0. The smallest absolute Gasteiger partial charge is 0.204 e. The van der Waals surface area contributed by atoms with Gasteiger partial charge in [-0.3, -0.25) is 0 Å². The van der Waals surface area contributed by atoms with Gasteiger partial charge in [0.05, 0.1) is 4.47 Å². The van der Waals surface area contributed by atoms with Gasteiger partial charge in [0.1, 0.15) is 0 Å². The van der Waals surface area contributed by atoms with Gasteiger partial charge in [-0.2, -0.15) is 0 Å². The van der Waals surface area contributed by atoms with E-state index in [0.717, 1.165) is 4.47 Å². The second-order valence-electron chi connectivity index (χ2n) is 2.77. The van der Waals surface area contributed by atoms with Gasteiger partial charge in [-0.05, 0) is 34.7 Å². The molecule has 0 aliphatic heterocycles. The van der Waals surface area contributed by atoms with Gasteiger partial charge in [-0.1, -0.05) is 5.92 Å². The summed E-state index contributed by atoms with van der Waals surface area (Å²) in [6, 6.07) is 0. The summed E-state index contributed by atoms with van der Waals surface area (Å²) in [4.78, 5) is 8.09. The van der Waals surface area contributed by atoms with Gasteiger partial charge in [0.15, 0.2) is 0 Å². The van der Waals surface area contributed by atoms with E-state index in [0.29, 0.717) is 11.7 Å². The molecule has 1 heterocycles.